The molecule has 1 atom stereocenters. The van der Waals surface area contributed by atoms with Gasteiger partial charge in [-0.2, -0.15) is 0 Å². The van der Waals surface area contributed by atoms with Crippen LogP contribution in [-0.4, -0.2) is 37.1 Å². The maximum absolute atomic E-state index is 10.6. The minimum Gasteiger partial charge on any atom is -0.377 e. The quantitative estimate of drug-likeness (QED) is 0.747. The number of anilines is 1. The molecule has 0 aromatic carbocycles. The minimum absolute atomic E-state index is 0.278. The lowest BCUT2D eigenvalue weighted by Gasteiger charge is -2.32. The van der Waals surface area contributed by atoms with Crippen LogP contribution in [0.15, 0.2) is 0 Å². The second-order valence-corrected chi connectivity index (χ2v) is 4.75. The van der Waals surface area contributed by atoms with E-state index in [0.29, 0.717) is 23.2 Å². The number of nitrogens with zero attached hydrogens (tertiary/aromatic N) is 2. The number of aromatic nitrogens is 1. The molecule has 1 aromatic heterocycles. The van der Waals surface area contributed by atoms with Crippen LogP contribution in [-0.2, 0) is 4.74 Å². The zero-order valence-electron chi connectivity index (χ0n) is 8.27. The molecule has 2 heterocycles. The van der Waals surface area contributed by atoms with Gasteiger partial charge in [-0.15, -0.1) is 0 Å². The van der Waals surface area contributed by atoms with Crippen LogP contribution in [0.25, 0.3) is 0 Å². The Morgan fingerprint density at radius 1 is 1.73 bits per heavy atom. The largest absolute Gasteiger partial charge is 0.377 e. The summed E-state index contributed by atoms with van der Waals surface area (Å²) < 4.78 is 5.33. The van der Waals surface area contributed by atoms with Crippen LogP contribution in [0.5, 0.6) is 0 Å². The number of halogens is 1. The number of hydrogen-bond donors (Lipinski definition) is 0. The summed E-state index contributed by atoms with van der Waals surface area (Å²) in [6.45, 7) is 4.24. The van der Waals surface area contributed by atoms with E-state index in [1.54, 1.807) is 0 Å². The number of thiazole rings is 1. The molecular formula is C9H11ClN2O2S. The van der Waals surface area contributed by atoms with Gasteiger partial charge in [-0.25, -0.2) is 4.98 Å². The molecule has 1 aliphatic rings. The first-order valence-corrected chi connectivity index (χ1v) is 5.87. The van der Waals surface area contributed by atoms with Crippen LogP contribution in [0.2, 0.25) is 5.15 Å². The Kier molecular flexibility index (Phi) is 3.23. The highest BCUT2D eigenvalue weighted by molar-refractivity contribution is 7.17. The zero-order chi connectivity index (χ0) is 10.8. The van der Waals surface area contributed by atoms with Crippen molar-refractivity contribution in [2.24, 2.45) is 0 Å². The summed E-state index contributed by atoms with van der Waals surface area (Å²) in [6.07, 6.45) is 0.745. The SMILES string of the molecule is CC1COCCN1c1nc(Cl)c(C=O)s1. The Morgan fingerprint density at radius 3 is 3.13 bits per heavy atom. The number of aldehydes is 1. The van der Waals surface area contributed by atoms with Crippen molar-refractivity contribution in [2.75, 3.05) is 24.7 Å². The van der Waals surface area contributed by atoms with E-state index in [1.165, 1.54) is 11.3 Å². The van der Waals surface area contributed by atoms with Crippen molar-refractivity contribution < 1.29 is 9.53 Å². The first kappa shape index (κ1) is 10.9. The lowest BCUT2D eigenvalue weighted by Crippen LogP contribution is -2.43. The second kappa shape index (κ2) is 4.47. The van der Waals surface area contributed by atoms with E-state index in [0.717, 1.165) is 18.0 Å². The third-order valence-corrected chi connectivity index (χ3v) is 3.74. The molecule has 0 radical (unpaired) electrons. The molecule has 1 unspecified atom stereocenters. The fraction of sp³-hybridized carbons (Fsp3) is 0.556. The van der Waals surface area contributed by atoms with Gasteiger partial charge in [0.05, 0.1) is 19.3 Å². The number of morpholine rings is 1. The highest BCUT2D eigenvalue weighted by atomic mass is 35.5. The van der Waals surface area contributed by atoms with Crippen LogP contribution in [0, 0.1) is 0 Å². The molecule has 0 aliphatic carbocycles. The summed E-state index contributed by atoms with van der Waals surface area (Å²) in [5, 5.41) is 1.10. The monoisotopic (exact) mass is 246 g/mol. The molecule has 0 N–H and O–H groups in total. The van der Waals surface area contributed by atoms with E-state index >= 15 is 0 Å². The zero-order valence-corrected chi connectivity index (χ0v) is 9.85. The summed E-state index contributed by atoms with van der Waals surface area (Å²) in [7, 11) is 0. The maximum atomic E-state index is 10.6. The summed E-state index contributed by atoms with van der Waals surface area (Å²) in [6, 6.07) is 0.278. The summed E-state index contributed by atoms with van der Waals surface area (Å²) in [4.78, 5) is 17.4. The molecule has 1 fully saturated rings. The van der Waals surface area contributed by atoms with Crippen LogP contribution < -0.4 is 4.90 Å². The second-order valence-electron chi connectivity index (χ2n) is 3.39. The van der Waals surface area contributed by atoms with Crippen molar-refractivity contribution in [3.8, 4) is 0 Å². The molecule has 0 amide bonds. The van der Waals surface area contributed by atoms with Crippen LogP contribution in [0.3, 0.4) is 0 Å². The molecule has 2 rings (SSSR count). The average molecular weight is 247 g/mol. The molecule has 82 valence electrons. The van der Waals surface area contributed by atoms with Gasteiger partial charge in [0.1, 0.15) is 4.88 Å². The van der Waals surface area contributed by atoms with Crippen LogP contribution in [0.1, 0.15) is 16.6 Å². The third-order valence-electron chi connectivity index (χ3n) is 2.32. The number of carbonyl (C=O) groups excluding carboxylic acids is 1. The van der Waals surface area contributed by atoms with Crippen LogP contribution in [0.4, 0.5) is 5.13 Å². The molecule has 1 aromatic rings. The topological polar surface area (TPSA) is 42.4 Å². The maximum Gasteiger partial charge on any atom is 0.187 e. The van der Waals surface area contributed by atoms with Gasteiger partial charge in [0.25, 0.3) is 0 Å². The van der Waals surface area contributed by atoms with Crippen molar-refractivity contribution >= 4 is 34.4 Å². The van der Waals surface area contributed by atoms with E-state index < -0.39 is 0 Å². The number of rotatable bonds is 2. The van der Waals surface area contributed by atoms with E-state index in [4.69, 9.17) is 16.3 Å². The molecule has 0 spiro atoms. The molecule has 1 saturated heterocycles. The lowest BCUT2D eigenvalue weighted by molar-refractivity contribution is 0.0989. The Hall–Kier alpha value is -0.650. The summed E-state index contributed by atoms with van der Waals surface area (Å²) in [5.74, 6) is 0. The van der Waals surface area contributed by atoms with Crippen molar-refractivity contribution in [2.45, 2.75) is 13.0 Å². The van der Waals surface area contributed by atoms with Crippen molar-refractivity contribution in [1.82, 2.24) is 4.98 Å². The fourth-order valence-electron chi connectivity index (χ4n) is 1.51. The minimum atomic E-state index is 0.278. The normalized spacial score (nSPS) is 21.7. The van der Waals surface area contributed by atoms with Gasteiger partial charge in [0.2, 0.25) is 0 Å². The molecule has 6 heteroatoms. The molecule has 15 heavy (non-hydrogen) atoms. The third kappa shape index (κ3) is 2.14. The van der Waals surface area contributed by atoms with E-state index in [-0.39, 0.29) is 6.04 Å². The highest BCUT2D eigenvalue weighted by Crippen LogP contribution is 2.30. The number of carbonyl (C=O) groups is 1. The Balaban J connectivity index is 2.23. The smallest absolute Gasteiger partial charge is 0.187 e. The van der Waals surface area contributed by atoms with Gasteiger partial charge in [-0.1, -0.05) is 22.9 Å². The fourth-order valence-corrected chi connectivity index (χ4v) is 2.70. The van der Waals surface area contributed by atoms with Crippen molar-refractivity contribution in [1.29, 1.82) is 0 Å². The number of hydrogen-bond acceptors (Lipinski definition) is 5. The van der Waals surface area contributed by atoms with Crippen LogP contribution >= 0.6 is 22.9 Å². The van der Waals surface area contributed by atoms with Gasteiger partial charge in [0, 0.05) is 6.54 Å². The molecule has 1 aliphatic heterocycles. The van der Waals surface area contributed by atoms with Crippen molar-refractivity contribution in [3.05, 3.63) is 10.0 Å². The Bertz CT molecular complexity index is 369. The van der Waals surface area contributed by atoms with Gasteiger partial charge < -0.3 is 9.64 Å². The predicted molar refractivity (Wildman–Crippen MR) is 60.1 cm³/mol. The molecule has 0 bridgehead atoms. The lowest BCUT2D eigenvalue weighted by atomic mass is 10.3. The summed E-state index contributed by atoms with van der Waals surface area (Å²) in [5.41, 5.74) is 0. The average Bonchev–Trinajstić information content (AvgIpc) is 2.60. The Labute approximate surface area is 96.8 Å². The first-order valence-electron chi connectivity index (χ1n) is 4.68. The van der Waals surface area contributed by atoms with Gasteiger partial charge in [-0.3, -0.25) is 4.79 Å². The van der Waals surface area contributed by atoms with E-state index in [1.807, 2.05) is 0 Å². The highest BCUT2D eigenvalue weighted by Gasteiger charge is 2.23. The standard InChI is InChI=1S/C9H11ClN2O2S/c1-6-5-14-3-2-12(6)9-11-8(10)7(4-13)15-9/h4,6H,2-3,5H2,1H3. The molecule has 0 saturated carbocycles. The Morgan fingerprint density at radius 2 is 2.53 bits per heavy atom. The predicted octanol–water partition coefficient (Wildman–Crippen LogP) is 1.83. The summed E-state index contributed by atoms with van der Waals surface area (Å²) >= 11 is 7.15. The molecular weight excluding hydrogens is 236 g/mol. The first-order chi connectivity index (χ1) is 7.22. The van der Waals surface area contributed by atoms with Gasteiger partial charge in [-0.05, 0) is 6.92 Å². The number of ether oxygens (including phenoxy) is 1. The van der Waals surface area contributed by atoms with E-state index in [9.17, 15) is 4.79 Å². The van der Waals surface area contributed by atoms with Gasteiger partial charge in [0.15, 0.2) is 16.6 Å². The van der Waals surface area contributed by atoms with Gasteiger partial charge >= 0.3 is 0 Å². The van der Waals surface area contributed by atoms with Crippen molar-refractivity contribution in [3.63, 3.8) is 0 Å². The molecule has 4 nitrogen and oxygen atoms in total. The van der Waals surface area contributed by atoms with E-state index in [2.05, 4.69) is 16.8 Å².